The van der Waals surface area contributed by atoms with Crippen LogP contribution in [0.2, 0.25) is 0 Å². The van der Waals surface area contributed by atoms with Crippen molar-refractivity contribution in [3.63, 3.8) is 0 Å². The van der Waals surface area contributed by atoms with Gasteiger partial charge in [0.15, 0.2) is 0 Å². The van der Waals surface area contributed by atoms with Gasteiger partial charge in [-0.2, -0.15) is 0 Å². The molecule has 1 heterocycles. The Hall–Kier alpha value is -4.62. The molecule has 0 radical (unpaired) electrons. The van der Waals surface area contributed by atoms with Crippen LogP contribution in [0.15, 0.2) is 131 Å². The largest absolute Gasteiger partial charge is 0.455 e. The molecule has 1 nitrogen and oxygen atoms in total. The molecule has 5 aromatic rings. The first kappa shape index (κ1) is 22.1. The third-order valence-corrected chi connectivity index (χ3v) is 10.4. The van der Waals surface area contributed by atoms with Crippen LogP contribution in [-0.2, 0) is 6.42 Å². The number of rotatable bonds is 1. The summed E-state index contributed by atoms with van der Waals surface area (Å²) in [5, 5.41) is 7.56. The highest BCUT2D eigenvalue weighted by atomic mass is 16.3. The number of fused-ring (bicyclic) bond motifs is 10. The van der Waals surface area contributed by atoms with Crippen LogP contribution in [-0.4, -0.2) is 0 Å². The molecule has 0 saturated heterocycles. The van der Waals surface area contributed by atoms with Crippen LogP contribution in [0, 0.1) is 23.2 Å². The molecule has 1 spiro atoms. The second-order valence-electron chi connectivity index (χ2n) is 12.5. The van der Waals surface area contributed by atoms with Gasteiger partial charge in [0.05, 0.1) is 0 Å². The van der Waals surface area contributed by atoms with Crippen LogP contribution in [0.1, 0.15) is 23.6 Å². The average Bonchev–Trinajstić information content (AvgIpc) is 3.57. The Labute approximate surface area is 238 Å². The second-order valence-corrected chi connectivity index (χ2v) is 12.5. The van der Waals surface area contributed by atoms with Gasteiger partial charge in [0, 0.05) is 33.1 Å². The van der Waals surface area contributed by atoms with E-state index in [9.17, 15) is 0 Å². The van der Waals surface area contributed by atoms with E-state index in [1.165, 1.54) is 65.7 Å². The van der Waals surface area contributed by atoms with Crippen LogP contribution in [0.3, 0.4) is 0 Å². The zero-order valence-corrected chi connectivity index (χ0v) is 22.9. The fraction of sp³-hybridized carbons (Fsp3) is 0.150. The first-order valence-corrected chi connectivity index (χ1v) is 14.9. The number of para-hydroxylation sites is 1. The molecular formula is C40H28O. The normalized spacial score (nSPS) is 27.0. The summed E-state index contributed by atoms with van der Waals surface area (Å²) in [6.45, 7) is 2.31. The van der Waals surface area contributed by atoms with Crippen molar-refractivity contribution in [2.24, 2.45) is 23.2 Å². The summed E-state index contributed by atoms with van der Waals surface area (Å²) in [6, 6.07) is 20.2. The Balaban J connectivity index is 1.30. The molecule has 194 valence electrons. The predicted molar refractivity (Wildman–Crippen MR) is 172 cm³/mol. The average molecular weight is 525 g/mol. The number of hydrogen-bond acceptors (Lipinski definition) is 1. The van der Waals surface area contributed by atoms with E-state index in [2.05, 4.69) is 128 Å². The maximum absolute atomic E-state index is 7.08. The molecule has 4 atom stereocenters. The van der Waals surface area contributed by atoms with Crippen molar-refractivity contribution in [3.05, 3.63) is 143 Å². The van der Waals surface area contributed by atoms with Crippen LogP contribution in [0.4, 0.5) is 0 Å². The number of allylic oxidation sites excluding steroid dienone is 13. The highest BCUT2D eigenvalue weighted by molar-refractivity contribution is 6.25. The van der Waals surface area contributed by atoms with Crippen molar-refractivity contribution in [2.45, 2.75) is 13.3 Å². The zero-order valence-electron chi connectivity index (χ0n) is 22.9. The van der Waals surface area contributed by atoms with Crippen molar-refractivity contribution in [1.82, 2.24) is 0 Å². The monoisotopic (exact) mass is 524 g/mol. The van der Waals surface area contributed by atoms with Crippen molar-refractivity contribution in [3.8, 4) is 0 Å². The highest BCUT2D eigenvalue weighted by Gasteiger charge is 2.66. The van der Waals surface area contributed by atoms with Gasteiger partial charge >= 0.3 is 0 Å². The maximum atomic E-state index is 7.08. The minimum atomic E-state index is 0.121. The minimum Gasteiger partial charge on any atom is -0.455 e. The van der Waals surface area contributed by atoms with Crippen LogP contribution in [0.25, 0.3) is 55.1 Å². The minimum absolute atomic E-state index is 0.121. The lowest BCUT2D eigenvalue weighted by molar-refractivity contribution is 0.670. The van der Waals surface area contributed by atoms with Crippen molar-refractivity contribution in [2.75, 3.05) is 0 Å². The Morgan fingerprint density at radius 2 is 1.56 bits per heavy atom. The van der Waals surface area contributed by atoms with Gasteiger partial charge in [0.2, 0.25) is 0 Å². The molecular weight excluding hydrogens is 496 g/mol. The van der Waals surface area contributed by atoms with E-state index < -0.39 is 0 Å². The molecule has 0 N–H and O–H groups in total. The summed E-state index contributed by atoms with van der Waals surface area (Å²) in [4.78, 5) is 0. The lowest BCUT2D eigenvalue weighted by atomic mass is 9.78. The molecule has 1 fully saturated rings. The quantitative estimate of drug-likeness (QED) is 0.199. The first-order valence-electron chi connectivity index (χ1n) is 14.9. The van der Waals surface area contributed by atoms with E-state index in [1.807, 2.05) is 0 Å². The van der Waals surface area contributed by atoms with E-state index in [4.69, 9.17) is 4.42 Å². The van der Waals surface area contributed by atoms with Crippen LogP contribution < -0.4 is 0 Å². The smallest absolute Gasteiger partial charge is 0.143 e. The third-order valence-electron chi connectivity index (χ3n) is 10.4. The lowest BCUT2D eigenvalue weighted by Crippen LogP contribution is -2.12. The summed E-state index contributed by atoms with van der Waals surface area (Å²) in [7, 11) is 0. The summed E-state index contributed by atoms with van der Waals surface area (Å²) < 4.78 is 7.08. The fourth-order valence-corrected chi connectivity index (χ4v) is 8.60. The van der Waals surface area contributed by atoms with Gasteiger partial charge in [-0.05, 0) is 74.4 Å². The SMILES string of the molecule is CC1C=Cc2c(c3ccc4c5cccc(C6=C7C=CC=CC8C7C87C=CC=CC7=C6)c5oc4c3c3ccccc23)C1. The molecule has 1 aromatic heterocycles. The van der Waals surface area contributed by atoms with Gasteiger partial charge in [0.25, 0.3) is 0 Å². The summed E-state index contributed by atoms with van der Waals surface area (Å²) in [5.74, 6) is 1.53. The molecule has 0 aliphatic heterocycles. The summed E-state index contributed by atoms with van der Waals surface area (Å²) in [5.41, 5.74) is 10.3. The zero-order chi connectivity index (χ0) is 26.9. The molecule has 5 aliphatic carbocycles. The predicted octanol–water partition coefficient (Wildman–Crippen LogP) is 10.3. The molecule has 10 rings (SSSR count). The van der Waals surface area contributed by atoms with E-state index in [-0.39, 0.29) is 5.41 Å². The van der Waals surface area contributed by atoms with Crippen molar-refractivity contribution >= 4 is 55.1 Å². The summed E-state index contributed by atoms with van der Waals surface area (Å²) >= 11 is 0. The highest BCUT2D eigenvalue weighted by Crippen LogP contribution is 2.72. The molecule has 0 amide bonds. The number of furan rings is 1. The molecule has 0 bridgehead atoms. The summed E-state index contributed by atoms with van der Waals surface area (Å²) in [6.07, 6.45) is 26.6. The van der Waals surface area contributed by atoms with Crippen molar-refractivity contribution < 1.29 is 4.42 Å². The van der Waals surface area contributed by atoms with E-state index in [1.54, 1.807) is 0 Å². The van der Waals surface area contributed by atoms with Gasteiger partial charge in [-0.15, -0.1) is 0 Å². The van der Waals surface area contributed by atoms with Gasteiger partial charge < -0.3 is 4.42 Å². The molecule has 4 aromatic carbocycles. The van der Waals surface area contributed by atoms with E-state index in [0.29, 0.717) is 17.8 Å². The molecule has 5 aliphatic rings. The Bertz CT molecular complexity index is 2250. The van der Waals surface area contributed by atoms with Gasteiger partial charge in [-0.3, -0.25) is 0 Å². The molecule has 4 unspecified atom stereocenters. The van der Waals surface area contributed by atoms with E-state index in [0.717, 1.165) is 17.6 Å². The van der Waals surface area contributed by atoms with E-state index >= 15 is 0 Å². The van der Waals surface area contributed by atoms with Gasteiger partial charge in [-0.25, -0.2) is 0 Å². The Kier molecular flexibility index (Phi) is 4.08. The molecule has 1 heteroatoms. The number of hydrogen-bond donors (Lipinski definition) is 0. The lowest BCUT2D eigenvalue weighted by Gasteiger charge is -2.25. The maximum Gasteiger partial charge on any atom is 0.143 e. The molecule has 1 saturated carbocycles. The second kappa shape index (κ2) is 7.56. The first-order chi connectivity index (χ1) is 20.2. The van der Waals surface area contributed by atoms with Crippen LogP contribution in [0.5, 0.6) is 0 Å². The Morgan fingerprint density at radius 1 is 0.732 bits per heavy atom. The Morgan fingerprint density at radius 3 is 2.51 bits per heavy atom. The molecule has 41 heavy (non-hydrogen) atoms. The van der Waals surface area contributed by atoms with Crippen molar-refractivity contribution in [1.29, 1.82) is 0 Å². The number of benzene rings is 4. The topological polar surface area (TPSA) is 13.1 Å². The fourth-order valence-electron chi connectivity index (χ4n) is 8.60. The van der Waals surface area contributed by atoms with Gasteiger partial charge in [0.1, 0.15) is 11.2 Å². The van der Waals surface area contributed by atoms with Crippen LogP contribution >= 0.6 is 0 Å². The standard InChI is InChI=1S/C40H28O/c1-23-16-17-26-25-10-2-3-11-27(25)36-28(33(26)21-23)18-19-32-30-13-8-14-31(38(30)41-39(32)36)34-22-24-9-6-7-20-40(24)35-15-5-4-12-29(34)37(35)40/h2-20,22-23,35,37H,21H2,1H3. The third kappa shape index (κ3) is 2.68. The van der Waals surface area contributed by atoms with Gasteiger partial charge in [-0.1, -0.05) is 116 Å².